The molecule has 0 spiro atoms. The van der Waals surface area contributed by atoms with E-state index < -0.39 is 5.91 Å². The number of phenolic OH excluding ortho intramolecular Hbond substituents is 1. The molecule has 2 amide bonds. The molecule has 0 radical (unpaired) electrons. The molecule has 0 aromatic heterocycles. The molecule has 0 saturated carbocycles. The highest BCUT2D eigenvalue weighted by molar-refractivity contribution is 6.31. The second kappa shape index (κ2) is 9.32. The van der Waals surface area contributed by atoms with Gasteiger partial charge in [-0.3, -0.25) is 9.59 Å². The Morgan fingerprint density at radius 1 is 0.844 bits per heavy atom. The van der Waals surface area contributed by atoms with Gasteiger partial charge < -0.3 is 10.4 Å². The Bertz CT molecular complexity index is 1330. The number of aromatic hydroxyl groups is 1. The minimum Gasteiger partial charge on any atom is -0.507 e. The zero-order chi connectivity index (χ0) is 22.5. The number of carbonyl (C=O) groups excluding carboxylic acids is 2. The Morgan fingerprint density at radius 3 is 2.41 bits per heavy atom. The molecule has 0 aliphatic heterocycles. The van der Waals surface area contributed by atoms with E-state index in [0.29, 0.717) is 27.4 Å². The second-order valence-corrected chi connectivity index (χ2v) is 7.40. The van der Waals surface area contributed by atoms with Gasteiger partial charge in [0, 0.05) is 27.4 Å². The fraction of sp³-hybridized carbons (Fsp3) is 0. The first-order chi connectivity index (χ1) is 15.5. The Kier molecular flexibility index (Phi) is 6.14. The summed E-state index contributed by atoms with van der Waals surface area (Å²) in [6.07, 6.45) is 1.41. The number of fused-ring (bicyclic) bond motifs is 1. The molecule has 0 bridgehead atoms. The molecular weight excluding hydrogens is 426 g/mol. The standard InChI is InChI=1S/C25H18ClN3O3/c26-19-6-3-5-18(14-19)24(31)28-20-11-8-17(9-12-20)25(32)29-27-15-22-21-7-2-1-4-16(21)10-13-23(22)30/h1-15,30H,(H,28,31)(H,29,32)/b27-15-. The topological polar surface area (TPSA) is 90.8 Å². The molecule has 4 aromatic rings. The van der Waals surface area contributed by atoms with E-state index in [1.807, 2.05) is 30.3 Å². The third kappa shape index (κ3) is 4.77. The molecule has 0 heterocycles. The van der Waals surface area contributed by atoms with Gasteiger partial charge in [0.15, 0.2) is 0 Å². The summed E-state index contributed by atoms with van der Waals surface area (Å²) < 4.78 is 0. The molecule has 6 nitrogen and oxygen atoms in total. The summed E-state index contributed by atoms with van der Waals surface area (Å²) >= 11 is 5.92. The summed E-state index contributed by atoms with van der Waals surface area (Å²) in [6.45, 7) is 0. The van der Waals surface area contributed by atoms with Gasteiger partial charge in [-0.1, -0.05) is 48.0 Å². The predicted octanol–water partition coefficient (Wildman–Crippen LogP) is 5.22. The predicted molar refractivity (Wildman–Crippen MR) is 127 cm³/mol. The van der Waals surface area contributed by atoms with Gasteiger partial charge >= 0.3 is 0 Å². The number of hydrazone groups is 1. The minimum atomic E-state index is -0.423. The van der Waals surface area contributed by atoms with Crippen LogP contribution in [0.3, 0.4) is 0 Å². The van der Waals surface area contributed by atoms with Crippen LogP contribution in [-0.4, -0.2) is 23.1 Å². The van der Waals surface area contributed by atoms with Crippen LogP contribution in [0.4, 0.5) is 5.69 Å². The molecule has 0 fully saturated rings. The Balaban J connectivity index is 1.41. The first-order valence-electron chi connectivity index (χ1n) is 9.72. The van der Waals surface area contributed by atoms with Crippen LogP contribution in [0.15, 0.2) is 90.0 Å². The average Bonchev–Trinajstić information content (AvgIpc) is 2.81. The maximum atomic E-state index is 12.4. The zero-order valence-corrected chi connectivity index (χ0v) is 17.5. The van der Waals surface area contributed by atoms with Crippen molar-refractivity contribution in [1.82, 2.24) is 5.43 Å². The van der Waals surface area contributed by atoms with Gasteiger partial charge in [0.05, 0.1) is 6.21 Å². The number of phenols is 1. The van der Waals surface area contributed by atoms with Crippen molar-refractivity contribution < 1.29 is 14.7 Å². The molecule has 0 aliphatic carbocycles. The van der Waals surface area contributed by atoms with Gasteiger partial charge in [-0.05, 0) is 59.3 Å². The number of benzene rings is 4. The normalized spacial score (nSPS) is 10.9. The maximum Gasteiger partial charge on any atom is 0.271 e. The van der Waals surface area contributed by atoms with Gasteiger partial charge in [0.1, 0.15) is 5.75 Å². The summed E-state index contributed by atoms with van der Waals surface area (Å²) in [6, 6.07) is 24.0. The first kappa shape index (κ1) is 21.1. The van der Waals surface area contributed by atoms with Crippen molar-refractivity contribution in [3.8, 4) is 5.75 Å². The molecule has 0 atom stereocenters. The molecule has 3 N–H and O–H groups in total. The highest BCUT2D eigenvalue weighted by Crippen LogP contribution is 2.25. The minimum absolute atomic E-state index is 0.0708. The highest BCUT2D eigenvalue weighted by atomic mass is 35.5. The number of amides is 2. The number of rotatable bonds is 5. The summed E-state index contributed by atoms with van der Waals surface area (Å²) in [5, 5.41) is 19.1. The Morgan fingerprint density at radius 2 is 1.62 bits per heavy atom. The van der Waals surface area contributed by atoms with E-state index in [4.69, 9.17) is 11.6 Å². The maximum absolute atomic E-state index is 12.4. The van der Waals surface area contributed by atoms with E-state index in [9.17, 15) is 14.7 Å². The van der Waals surface area contributed by atoms with Crippen LogP contribution in [0.25, 0.3) is 10.8 Å². The zero-order valence-electron chi connectivity index (χ0n) is 16.7. The lowest BCUT2D eigenvalue weighted by Crippen LogP contribution is -2.18. The lowest BCUT2D eigenvalue weighted by Gasteiger charge is -2.07. The molecule has 0 unspecified atom stereocenters. The van der Waals surface area contributed by atoms with Crippen molar-refractivity contribution in [3.63, 3.8) is 0 Å². The Labute approximate surface area is 189 Å². The fourth-order valence-electron chi connectivity index (χ4n) is 3.18. The number of nitrogens with zero attached hydrogens (tertiary/aromatic N) is 1. The van der Waals surface area contributed by atoms with E-state index in [0.717, 1.165) is 10.8 Å². The molecule has 4 rings (SSSR count). The van der Waals surface area contributed by atoms with Crippen LogP contribution >= 0.6 is 11.6 Å². The van der Waals surface area contributed by atoms with E-state index in [2.05, 4.69) is 15.8 Å². The van der Waals surface area contributed by atoms with Crippen LogP contribution in [0.5, 0.6) is 5.75 Å². The van der Waals surface area contributed by atoms with Gasteiger partial charge in [-0.15, -0.1) is 0 Å². The van der Waals surface area contributed by atoms with Crippen molar-refractivity contribution in [2.45, 2.75) is 0 Å². The van der Waals surface area contributed by atoms with Crippen molar-refractivity contribution in [3.05, 3.63) is 107 Å². The summed E-state index contributed by atoms with van der Waals surface area (Å²) in [5.41, 5.74) is 4.30. The lowest BCUT2D eigenvalue weighted by atomic mass is 10.0. The van der Waals surface area contributed by atoms with Crippen LogP contribution in [0.2, 0.25) is 5.02 Å². The van der Waals surface area contributed by atoms with Crippen molar-refractivity contribution in [1.29, 1.82) is 0 Å². The molecular formula is C25H18ClN3O3. The van der Waals surface area contributed by atoms with Gasteiger partial charge in [0.25, 0.3) is 11.8 Å². The van der Waals surface area contributed by atoms with Gasteiger partial charge in [-0.25, -0.2) is 5.43 Å². The lowest BCUT2D eigenvalue weighted by molar-refractivity contribution is 0.0954. The smallest absolute Gasteiger partial charge is 0.271 e. The van der Waals surface area contributed by atoms with Crippen molar-refractivity contribution in [2.75, 3.05) is 5.32 Å². The highest BCUT2D eigenvalue weighted by Gasteiger charge is 2.09. The Hall–Kier alpha value is -4.16. The van der Waals surface area contributed by atoms with Crippen LogP contribution in [-0.2, 0) is 0 Å². The molecule has 32 heavy (non-hydrogen) atoms. The summed E-state index contributed by atoms with van der Waals surface area (Å²) in [7, 11) is 0. The quantitative estimate of drug-likeness (QED) is 0.292. The van der Waals surface area contributed by atoms with E-state index >= 15 is 0 Å². The monoisotopic (exact) mass is 443 g/mol. The van der Waals surface area contributed by atoms with Crippen LogP contribution in [0, 0.1) is 0 Å². The van der Waals surface area contributed by atoms with Crippen molar-refractivity contribution >= 4 is 46.1 Å². The SMILES string of the molecule is O=C(N/N=C\c1c(O)ccc2ccccc12)c1ccc(NC(=O)c2cccc(Cl)c2)cc1. The first-order valence-corrected chi connectivity index (χ1v) is 10.1. The third-order valence-electron chi connectivity index (χ3n) is 4.80. The third-order valence-corrected chi connectivity index (χ3v) is 5.03. The van der Waals surface area contributed by atoms with Crippen molar-refractivity contribution in [2.24, 2.45) is 5.10 Å². The molecule has 7 heteroatoms. The largest absolute Gasteiger partial charge is 0.507 e. The number of halogens is 1. The van der Waals surface area contributed by atoms with Gasteiger partial charge in [-0.2, -0.15) is 5.10 Å². The molecule has 0 aliphatic rings. The van der Waals surface area contributed by atoms with E-state index in [1.165, 1.54) is 6.21 Å². The summed E-state index contributed by atoms with van der Waals surface area (Å²) in [5.74, 6) is -0.653. The van der Waals surface area contributed by atoms with E-state index in [-0.39, 0.29) is 11.7 Å². The number of hydrogen-bond acceptors (Lipinski definition) is 4. The van der Waals surface area contributed by atoms with Gasteiger partial charge in [0.2, 0.25) is 0 Å². The number of anilines is 1. The number of carbonyl (C=O) groups is 2. The second-order valence-electron chi connectivity index (χ2n) is 6.96. The average molecular weight is 444 g/mol. The summed E-state index contributed by atoms with van der Waals surface area (Å²) in [4.78, 5) is 24.7. The van der Waals surface area contributed by atoms with Crippen LogP contribution < -0.4 is 10.7 Å². The van der Waals surface area contributed by atoms with E-state index in [1.54, 1.807) is 54.6 Å². The molecule has 158 valence electrons. The fourth-order valence-corrected chi connectivity index (χ4v) is 3.37. The number of nitrogens with one attached hydrogen (secondary N) is 2. The molecule has 4 aromatic carbocycles. The number of hydrogen-bond donors (Lipinski definition) is 3. The van der Waals surface area contributed by atoms with Crippen LogP contribution in [0.1, 0.15) is 26.3 Å². The molecule has 0 saturated heterocycles.